The van der Waals surface area contributed by atoms with Crippen LogP contribution in [0.3, 0.4) is 0 Å². The maximum Gasteiger partial charge on any atom is 0.310 e. The molecule has 1 rings (SSSR count). The van der Waals surface area contributed by atoms with Gasteiger partial charge in [0, 0.05) is 22.9 Å². The lowest BCUT2D eigenvalue weighted by atomic mass is 10.3. The third-order valence-electron chi connectivity index (χ3n) is 2.76. The summed E-state index contributed by atoms with van der Waals surface area (Å²) in [5.41, 5.74) is 0. The van der Waals surface area contributed by atoms with E-state index < -0.39 is 0 Å². The molecular formula is C15H25NO3S. The number of ether oxygens (including phenoxy) is 2. The van der Waals surface area contributed by atoms with E-state index in [2.05, 4.69) is 30.0 Å². The van der Waals surface area contributed by atoms with Crippen LogP contribution in [0.25, 0.3) is 0 Å². The first-order valence-corrected chi connectivity index (χ1v) is 7.90. The van der Waals surface area contributed by atoms with Gasteiger partial charge < -0.3 is 14.8 Å². The highest BCUT2D eigenvalue weighted by atomic mass is 32.1. The van der Waals surface area contributed by atoms with Crippen LogP contribution >= 0.6 is 11.3 Å². The fraction of sp³-hybridized carbons (Fsp3) is 0.667. The van der Waals surface area contributed by atoms with Gasteiger partial charge in [-0.25, -0.2) is 0 Å². The second kappa shape index (κ2) is 9.91. The van der Waals surface area contributed by atoms with Crippen LogP contribution in [0, 0.1) is 0 Å². The Morgan fingerprint density at radius 3 is 2.75 bits per heavy atom. The lowest BCUT2D eigenvalue weighted by Gasteiger charge is -2.07. The predicted octanol–water partition coefficient (Wildman–Crippen LogP) is 2.76. The summed E-state index contributed by atoms with van der Waals surface area (Å²) in [6.07, 6.45) is 2.90. The number of nitrogens with one attached hydrogen (secondary N) is 1. The molecule has 0 bridgehead atoms. The summed E-state index contributed by atoms with van der Waals surface area (Å²) in [6, 6.07) is 4.06. The van der Waals surface area contributed by atoms with Crippen LogP contribution in [-0.2, 0) is 27.2 Å². The van der Waals surface area contributed by atoms with Crippen molar-refractivity contribution in [3.63, 3.8) is 0 Å². The number of methoxy groups -OCH3 is 1. The number of esters is 1. The summed E-state index contributed by atoms with van der Waals surface area (Å²) in [5.74, 6) is -0.184. The molecule has 114 valence electrons. The van der Waals surface area contributed by atoms with E-state index in [-0.39, 0.29) is 5.97 Å². The normalized spacial score (nSPS) is 11.0. The van der Waals surface area contributed by atoms with Gasteiger partial charge in [0.25, 0.3) is 0 Å². The Kier molecular flexibility index (Phi) is 8.49. The molecule has 1 N–H and O–H groups in total. The molecule has 20 heavy (non-hydrogen) atoms. The molecule has 0 atom stereocenters. The van der Waals surface area contributed by atoms with Crippen LogP contribution in [-0.4, -0.2) is 32.3 Å². The molecule has 0 aliphatic rings. The molecule has 1 heterocycles. The van der Waals surface area contributed by atoms with Gasteiger partial charge in [0.05, 0.1) is 19.6 Å². The van der Waals surface area contributed by atoms with Crippen LogP contribution in [0.4, 0.5) is 0 Å². The van der Waals surface area contributed by atoms with Crippen LogP contribution in [0.5, 0.6) is 0 Å². The quantitative estimate of drug-likeness (QED) is 0.533. The van der Waals surface area contributed by atoms with Gasteiger partial charge in [-0.05, 0) is 45.4 Å². The van der Waals surface area contributed by atoms with Gasteiger partial charge in [-0.15, -0.1) is 11.3 Å². The molecule has 0 aliphatic heterocycles. The van der Waals surface area contributed by atoms with Crippen molar-refractivity contribution in [1.29, 1.82) is 0 Å². The minimum Gasteiger partial charge on any atom is -0.469 e. The third kappa shape index (κ3) is 7.62. The molecule has 1 aromatic heterocycles. The average molecular weight is 299 g/mol. The van der Waals surface area contributed by atoms with Crippen molar-refractivity contribution < 1.29 is 14.3 Å². The van der Waals surface area contributed by atoms with Gasteiger partial charge in [-0.2, -0.15) is 0 Å². The number of hydrogen-bond donors (Lipinski definition) is 1. The minimum atomic E-state index is -0.184. The van der Waals surface area contributed by atoms with E-state index in [1.54, 1.807) is 11.3 Å². The summed E-state index contributed by atoms with van der Waals surface area (Å²) < 4.78 is 10.1. The van der Waals surface area contributed by atoms with E-state index in [0.29, 0.717) is 12.5 Å². The largest absolute Gasteiger partial charge is 0.469 e. The van der Waals surface area contributed by atoms with Gasteiger partial charge in [0.1, 0.15) is 0 Å². The highest BCUT2D eigenvalue weighted by Crippen LogP contribution is 2.17. The molecule has 4 nitrogen and oxygen atoms in total. The maximum absolute atomic E-state index is 11.2. The molecule has 0 radical (unpaired) electrons. The second-order valence-corrected chi connectivity index (χ2v) is 6.18. The molecular weight excluding hydrogens is 274 g/mol. The Labute approximate surface area is 125 Å². The molecule has 0 fully saturated rings. The number of carbonyl (C=O) groups excluding carboxylic acids is 1. The highest BCUT2D eigenvalue weighted by Gasteiger charge is 2.05. The molecule has 0 aromatic carbocycles. The Hall–Kier alpha value is -0.910. The molecule has 1 aromatic rings. The van der Waals surface area contributed by atoms with Crippen molar-refractivity contribution in [3.8, 4) is 0 Å². The number of carbonyl (C=O) groups is 1. The molecule has 5 heteroatoms. The van der Waals surface area contributed by atoms with Gasteiger partial charge >= 0.3 is 5.97 Å². The average Bonchev–Trinajstić information content (AvgIpc) is 2.84. The van der Waals surface area contributed by atoms with E-state index in [0.717, 1.165) is 37.4 Å². The lowest BCUT2D eigenvalue weighted by Crippen LogP contribution is -2.14. The molecule has 0 saturated heterocycles. The Bertz CT molecular complexity index is 390. The fourth-order valence-corrected chi connectivity index (χ4v) is 2.68. The Morgan fingerprint density at radius 1 is 1.30 bits per heavy atom. The van der Waals surface area contributed by atoms with Crippen LogP contribution < -0.4 is 5.32 Å². The second-order valence-electron chi connectivity index (χ2n) is 4.92. The summed E-state index contributed by atoms with van der Waals surface area (Å²) in [6.45, 7) is 6.80. The van der Waals surface area contributed by atoms with Crippen LogP contribution in [0.1, 0.15) is 36.4 Å². The number of thiophene rings is 1. The van der Waals surface area contributed by atoms with Gasteiger partial charge in [0.15, 0.2) is 0 Å². The fourth-order valence-electron chi connectivity index (χ4n) is 1.71. The molecule has 0 unspecified atom stereocenters. The van der Waals surface area contributed by atoms with Crippen LogP contribution in [0.15, 0.2) is 12.1 Å². The first kappa shape index (κ1) is 17.1. The van der Waals surface area contributed by atoms with Crippen molar-refractivity contribution in [2.24, 2.45) is 0 Å². The highest BCUT2D eigenvalue weighted by molar-refractivity contribution is 7.12. The van der Waals surface area contributed by atoms with Gasteiger partial charge in [-0.1, -0.05) is 0 Å². The SMILES string of the molecule is COC(=O)Cc1ccc(CNCCCCOC(C)C)s1. The Balaban J connectivity index is 2.09. The summed E-state index contributed by atoms with van der Waals surface area (Å²) >= 11 is 1.66. The zero-order valence-corrected chi connectivity index (χ0v) is 13.4. The standard InChI is InChI=1S/C15H25NO3S/c1-12(2)19-9-5-4-8-16-11-14-7-6-13(20-14)10-15(17)18-3/h6-7,12,16H,4-5,8-11H2,1-3H3. The van der Waals surface area contributed by atoms with E-state index >= 15 is 0 Å². The van der Waals surface area contributed by atoms with E-state index in [4.69, 9.17) is 4.74 Å². The van der Waals surface area contributed by atoms with E-state index in [1.165, 1.54) is 12.0 Å². The molecule has 0 saturated carbocycles. The summed E-state index contributed by atoms with van der Waals surface area (Å²) in [5, 5.41) is 3.41. The topological polar surface area (TPSA) is 47.6 Å². The maximum atomic E-state index is 11.2. The van der Waals surface area contributed by atoms with Crippen molar-refractivity contribution in [2.75, 3.05) is 20.3 Å². The zero-order chi connectivity index (χ0) is 14.8. The van der Waals surface area contributed by atoms with Gasteiger partial charge in [0.2, 0.25) is 0 Å². The van der Waals surface area contributed by atoms with Crippen molar-refractivity contribution >= 4 is 17.3 Å². The molecule has 0 aliphatic carbocycles. The lowest BCUT2D eigenvalue weighted by molar-refractivity contribution is -0.139. The zero-order valence-electron chi connectivity index (χ0n) is 12.6. The van der Waals surface area contributed by atoms with Crippen molar-refractivity contribution in [3.05, 3.63) is 21.9 Å². The number of unbranched alkanes of at least 4 members (excludes halogenated alkanes) is 1. The first-order valence-electron chi connectivity index (χ1n) is 7.08. The third-order valence-corrected chi connectivity index (χ3v) is 3.85. The van der Waals surface area contributed by atoms with E-state index in [1.807, 2.05) is 6.07 Å². The number of rotatable bonds is 10. The smallest absolute Gasteiger partial charge is 0.310 e. The summed E-state index contributed by atoms with van der Waals surface area (Å²) in [4.78, 5) is 13.5. The monoisotopic (exact) mass is 299 g/mol. The first-order chi connectivity index (χ1) is 9.61. The Morgan fingerprint density at radius 2 is 2.05 bits per heavy atom. The van der Waals surface area contributed by atoms with Crippen molar-refractivity contribution in [1.82, 2.24) is 5.32 Å². The predicted molar refractivity (Wildman–Crippen MR) is 82.1 cm³/mol. The number of hydrogen-bond acceptors (Lipinski definition) is 5. The van der Waals surface area contributed by atoms with Gasteiger partial charge in [-0.3, -0.25) is 4.79 Å². The van der Waals surface area contributed by atoms with E-state index in [9.17, 15) is 4.79 Å². The summed E-state index contributed by atoms with van der Waals surface area (Å²) in [7, 11) is 1.42. The van der Waals surface area contributed by atoms with Crippen LogP contribution in [0.2, 0.25) is 0 Å². The molecule has 0 spiro atoms. The van der Waals surface area contributed by atoms with Crippen molar-refractivity contribution in [2.45, 2.75) is 45.8 Å². The molecule has 0 amide bonds. The minimum absolute atomic E-state index is 0.184.